The van der Waals surface area contributed by atoms with Crippen LogP contribution in [0.25, 0.3) is 22.5 Å². The molecule has 2 unspecified atom stereocenters. The average molecular weight is 518 g/mol. The highest BCUT2D eigenvalue weighted by Gasteiger charge is 2.33. The van der Waals surface area contributed by atoms with E-state index in [1.54, 1.807) is 0 Å². The Bertz CT molecular complexity index is 1170. The van der Waals surface area contributed by atoms with Gasteiger partial charge < -0.3 is 9.64 Å². The number of aromatic amines is 1. The summed E-state index contributed by atoms with van der Waals surface area (Å²) < 4.78 is 5.47. The molecule has 1 aliphatic rings. The number of rotatable bonds is 13. The summed E-state index contributed by atoms with van der Waals surface area (Å²) in [6.07, 6.45) is 6.84. The first kappa shape index (κ1) is 27.5. The van der Waals surface area contributed by atoms with E-state index in [0.717, 1.165) is 67.2 Å². The number of ether oxygens (including phenoxy) is 1. The van der Waals surface area contributed by atoms with Crippen LogP contribution in [-0.4, -0.2) is 50.6 Å². The van der Waals surface area contributed by atoms with Crippen LogP contribution in [0, 0.1) is 11.8 Å². The Morgan fingerprint density at radius 1 is 1.03 bits per heavy atom. The minimum Gasteiger partial charge on any atom is -0.465 e. The van der Waals surface area contributed by atoms with E-state index in [0.29, 0.717) is 37.9 Å². The first-order valence-electron chi connectivity index (χ1n) is 14.0. The normalized spacial score (nSPS) is 16.9. The number of nitrogens with zero attached hydrogens (tertiary/aromatic N) is 4. The number of tetrazole rings is 1. The van der Waals surface area contributed by atoms with Gasteiger partial charge in [-0.3, -0.25) is 9.59 Å². The van der Waals surface area contributed by atoms with Crippen LogP contribution in [0.15, 0.2) is 48.5 Å². The molecule has 1 N–H and O–H groups in total. The van der Waals surface area contributed by atoms with Crippen molar-refractivity contribution in [2.45, 2.75) is 71.8 Å². The average Bonchev–Trinajstić information content (AvgIpc) is 3.65. The highest BCUT2D eigenvalue weighted by atomic mass is 16.5. The Balaban J connectivity index is 1.51. The van der Waals surface area contributed by atoms with Crippen molar-refractivity contribution in [2.24, 2.45) is 11.8 Å². The van der Waals surface area contributed by atoms with Crippen molar-refractivity contribution in [3.8, 4) is 22.5 Å². The molecule has 2 atom stereocenters. The van der Waals surface area contributed by atoms with Crippen LogP contribution < -0.4 is 0 Å². The van der Waals surface area contributed by atoms with E-state index in [4.69, 9.17) is 4.74 Å². The quantitative estimate of drug-likeness (QED) is 0.227. The molecule has 1 fully saturated rings. The molecule has 3 aromatic rings. The van der Waals surface area contributed by atoms with Gasteiger partial charge >= 0.3 is 5.97 Å². The zero-order chi connectivity index (χ0) is 26.7. The molecular weight excluding hydrogens is 478 g/mol. The smallest absolute Gasteiger partial charge is 0.308 e. The second-order valence-electron chi connectivity index (χ2n) is 10.3. The maximum atomic E-state index is 13.3. The van der Waals surface area contributed by atoms with E-state index in [1.807, 2.05) is 23.1 Å². The number of aromatic nitrogens is 4. The van der Waals surface area contributed by atoms with Crippen molar-refractivity contribution in [3.05, 3.63) is 54.1 Å². The summed E-state index contributed by atoms with van der Waals surface area (Å²) in [6, 6.07) is 16.3. The number of hydrogen-bond donors (Lipinski definition) is 1. The summed E-state index contributed by atoms with van der Waals surface area (Å²) in [4.78, 5) is 27.7. The second-order valence-corrected chi connectivity index (χ2v) is 10.3. The molecule has 0 spiro atoms. The van der Waals surface area contributed by atoms with Crippen LogP contribution in [-0.2, 0) is 20.9 Å². The highest BCUT2D eigenvalue weighted by Crippen LogP contribution is 2.34. The number of benzene rings is 2. The predicted molar refractivity (Wildman–Crippen MR) is 147 cm³/mol. The van der Waals surface area contributed by atoms with Crippen molar-refractivity contribution in [1.82, 2.24) is 25.5 Å². The molecule has 38 heavy (non-hydrogen) atoms. The van der Waals surface area contributed by atoms with Gasteiger partial charge in [0.2, 0.25) is 11.7 Å². The summed E-state index contributed by atoms with van der Waals surface area (Å²) >= 11 is 0. The fourth-order valence-corrected chi connectivity index (χ4v) is 5.18. The molecule has 1 heterocycles. The molecule has 202 valence electrons. The van der Waals surface area contributed by atoms with Gasteiger partial charge in [-0.2, -0.15) is 5.21 Å². The molecule has 1 aromatic heterocycles. The standard InChI is InChI=1S/C30H39N5O3/c1-3-5-12-28(36)35(20-22-13-15-25(18-22)30(37)38-17-6-4-2)21-23-14-16-26(24-10-8-7-9-11-24)27(19-23)29-31-33-34-32-29/h7-11,14,16,19,22,25H,3-6,12-13,15,17-18,20-21H2,1-2H3,(H,31,32,33,34). The Morgan fingerprint density at radius 2 is 1.84 bits per heavy atom. The topological polar surface area (TPSA) is 101 Å². The summed E-state index contributed by atoms with van der Waals surface area (Å²) in [6.45, 7) is 5.84. The molecule has 0 aliphatic heterocycles. The fourth-order valence-electron chi connectivity index (χ4n) is 5.18. The SMILES string of the molecule is CCCCOC(=O)C1CCC(CN(Cc2ccc(-c3ccccc3)c(-c3nn[nH]n3)c2)C(=O)CCCC)C1. The fraction of sp³-hybridized carbons (Fsp3) is 0.500. The van der Waals surface area contributed by atoms with E-state index in [2.05, 4.69) is 64.8 Å². The number of unbranched alkanes of at least 4 members (excludes halogenated alkanes) is 2. The number of amides is 1. The van der Waals surface area contributed by atoms with Crippen molar-refractivity contribution in [3.63, 3.8) is 0 Å². The molecule has 1 amide bonds. The largest absolute Gasteiger partial charge is 0.465 e. The molecule has 0 saturated heterocycles. The van der Waals surface area contributed by atoms with Crippen molar-refractivity contribution in [1.29, 1.82) is 0 Å². The van der Waals surface area contributed by atoms with Crippen molar-refractivity contribution >= 4 is 11.9 Å². The van der Waals surface area contributed by atoms with Gasteiger partial charge in [-0.1, -0.05) is 69.2 Å². The van der Waals surface area contributed by atoms with Gasteiger partial charge in [-0.25, -0.2) is 0 Å². The van der Waals surface area contributed by atoms with Gasteiger partial charge in [-0.05, 0) is 66.0 Å². The van der Waals surface area contributed by atoms with Crippen LogP contribution in [0.4, 0.5) is 0 Å². The van der Waals surface area contributed by atoms with Gasteiger partial charge in [0, 0.05) is 25.1 Å². The third-order valence-corrected chi connectivity index (χ3v) is 7.32. The summed E-state index contributed by atoms with van der Waals surface area (Å²) in [5.74, 6) is 0.846. The molecule has 8 heteroatoms. The second kappa shape index (κ2) is 13.8. The summed E-state index contributed by atoms with van der Waals surface area (Å²) in [5.41, 5.74) is 3.97. The van der Waals surface area contributed by atoms with E-state index in [9.17, 15) is 9.59 Å². The third kappa shape index (κ3) is 7.27. The Morgan fingerprint density at radius 3 is 2.58 bits per heavy atom. The van der Waals surface area contributed by atoms with Crippen LogP contribution in [0.2, 0.25) is 0 Å². The lowest BCUT2D eigenvalue weighted by Gasteiger charge is -2.26. The maximum absolute atomic E-state index is 13.3. The van der Waals surface area contributed by atoms with Crippen LogP contribution in [0.1, 0.15) is 70.8 Å². The molecule has 0 radical (unpaired) electrons. The van der Waals surface area contributed by atoms with Crippen LogP contribution in [0.5, 0.6) is 0 Å². The number of H-pyrrole nitrogens is 1. The van der Waals surface area contributed by atoms with Gasteiger partial charge in [-0.15, -0.1) is 10.2 Å². The lowest BCUT2D eigenvalue weighted by Crippen LogP contribution is -2.34. The minimum absolute atomic E-state index is 0.0561. The first-order valence-corrected chi connectivity index (χ1v) is 14.0. The number of carbonyl (C=O) groups excluding carboxylic acids is 2. The van der Waals surface area contributed by atoms with Crippen molar-refractivity contribution in [2.75, 3.05) is 13.2 Å². The predicted octanol–water partition coefficient (Wildman–Crippen LogP) is 5.81. The summed E-state index contributed by atoms with van der Waals surface area (Å²) in [7, 11) is 0. The van der Waals surface area contributed by atoms with Crippen LogP contribution in [0.3, 0.4) is 0 Å². The first-order chi connectivity index (χ1) is 18.6. The minimum atomic E-state index is -0.0777. The molecule has 4 rings (SSSR count). The zero-order valence-corrected chi connectivity index (χ0v) is 22.6. The van der Waals surface area contributed by atoms with Gasteiger partial charge in [0.25, 0.3) is 0 Å². The van der Waals surface area contributed by atoms with Crippen LogP contribution >= 0.6 is 0 Å². The Kier molecular flexibility index (Phi) is 10.0. The number of esters is 1. The number of carbonyl (C=O) groups is 2. The van der Waals surface area contributed by atoms with Crippen molar-refractivity contribution < 1.29 is 14.3 Å². The number of nitrogens with one attached hydrogen (secondary N) is 1. The van der Waals surface area contributed by atoms with E-state index < -0.39 is 0 Å². The monoisotopic (exact) mass is 517 g/mol. The highest BCUT2D eigenvalue weighted by molar-refractivity contribution is 5.81. The van der Waals surface area contributed by atoms with E-state index >= 15 is 0 Å². The molecule has 1 saturated carbocycles. The lowest BCUT2D eigenvalue weighted by atomic mass is 9.96. The molecule has 1 aliphatic carbocycles. The van der Waals surface area contributed by atoms with E-state index in [-0.39, 0.29) is 17.8 Å². The van der Waals surface area contributed by atoms with E-state index in [1.165, 1.54) is 0 Å². The van der Waals surface area contributed by atoms with Gasteiger partial charge in [0.05, 0.1) is 12.5 Å². The van der Waals surface area contributed by atoms with Gasteiger partial charge in [0.15, 0.2) is 0 Å². The third-order valence-electron chi connectivity index (χ3n) is 7.32. The maximum Gasteiger partial charge on any atom is 0.308 e. The molecular formula is C30H39N5O3. The number of hydrogen-bond acceptors (Lipinski definition) is 6. The molecule has 8 nitrogen and oxygen atoms in total. The molecule has 0 bridgehead atoms. The molecule has 2 aromatic carbocycles. The lowest BCUT2D eigenvalue weighted by molar-refractivity contribution is -0.148. The summed E-state index contributed by atoms with van der Waals surface area (Å²) in [5, 5.41) is 14.8. The Labute approximate surface area is 225 Å². The Hall–Kier alpha value is -3.55. The zero-order valence-electron chi connectivity index (χ0n) is 22.6. The van der Waals surface area contributed by atoms with Gasteiger partial charge in [0.1, 0.15) is 0 Å².